The first kappa shape index (κ1) is 18.9. The highest BCUT2D eigenvalue weighted by atomic mass is 32.2. The molecule has 3 aromatic carbocycles. The van der Waals surface area contributed by atoms with E-state index in [9.17, 15) is 8.42 Å². The number of anilines is 1. The Labute approximate surface area is 166 Å². The van der Waals surface area contributed by atoms with Crippen molar-refractivity contribution in [3.63, 3.8) is 0 Å². The lowest BCUT2D eigenvalue weighted by Crippen LogP contribution is -2.42. The van der Waals surface area contributed by atoms with Crippen LogP contribution in [0, 0.1) is 0 Å². The summed E-state index contributed by atoms with van der Waals surface area (Å²) in [7, 11) is 2.28. The van der Waals surface area contributed by atoms with Gasteiger partial charge in [0.25, 0.3) is 0 Å². The van der Waals surface area contributed by atoms with Crippen LogP contribution in [0.2, 0.25) is 0 Å². The summed E-state index contributed by atoms with van der Waals surface area (Å²) in [5, 5.41) is 4.90. The molecule has 0 spiro atoms. The van der Waals surface area contributed by atoms with Gasteiger partial charge in [0.05, 0.1) is 10.6 Å². The number of fused-ring (bicyclic) bond motifs is 2. The first-order valence-corrected chi connectivity index (χ1v) is 10.9. The second-order valence-electron chi connectivity index (χ2n) is 7.43. The molecule has 1 atom stereocenters. The van der Waals surface area contributed by atoms with Gasteiger partial charge in [0, 0.05) is 31.1 Å². The van der Waals surface area contributed by atoms with Crippen LogP contribution >= 0.6 is 0 Å². The lowest BCUT2D eigenvalue weighted by Gasteiger charge is -2.31. The van der Waals surface area contributed by atoms with Crippen LogP contribution in [0.15, 0.2) is 71.6 Å². The molecule has 0 aromatic heterocycles. The lowest BCUT2D eigenvalue weighted by molar-refractivity contribution is 0.286. The highest BCUT2D eigenvalue weighted by Crippen LogP contribution is 2.45. The number of nitrogens with zero attached hydrogens (tertiary/aromatic N) is 3. The molecule has 0 saturated carbocycles. The number of hydrogen-bond donors (Lipinski definition) is 0. The quantitative estimate of drug-likeness (QED) is 0.661. The molecular weight excluding hydrogens is 370 g/mol. The van der Waals surface area contributed by atoms with E-state index in [2.05, 4.69) is 9.91 Å². The molecule has 146 valence electrons. The number of hydrazine groups is 1. The van der Waals surface area contributed by atoms with Gasteiger partial charge < -0.3 is 9.91 Å². The van der Waals surface area contributed by atoms with Crippen molar-refractivity contribution in [1.29, 1.82) is 0 Å². The van der Waals surface area contributed by atoms with E-state index in [-0.39, 0.29) is 0 Å². The van der Waals surface area contributed by atoms with Crippen LogP contribution in [0.4, 0.5) is 5.69 Å². The molecule has 0 amide bonds. The van der Waals surface area contributed by atoms with E-state index in [1.807, 2.05) is 86.8 Å². The molecule has 0 fully saturated rings. The van der Waals surface area contributed by atoms with Crippen molar-refractivity contribution in [2.75, 3.05) is 39.2 Å². The molecule has 0 N–H and O–H groups in total. The van der Waals surface area contributed by atoms with Gasteiger partial charge in [0.2, 0.25) is 9.84 Å². The maximum atomic E-state index is 13.8. The van der Waals surface area contributed by atoms with Crippen molar-refractivity contribution in [2.45, 2.75) is 10.3 Å². The number of benzene rings is 3. The van der Waals surface area contributed by atoms with Crippen molar-refractivity contribution in [3.05, 3.63) is 72.3 Å². The number of hydrogen-bond acceptors (Lipinski definition) is 5. The topological polar surface area (TPSA) is 43.9 Å². The Morgan fingerprint density at radius 3 is 2.39 bits per heavy atom. The summed E-state index contributed by atoms with van der Waals surface area (Å²) in [4.78, 5) is 2.48. The van der Waals surface area contributed by atoms with Crippen LogP contribution in [-0.2, 0) is 9.84 Å². The molecule has 3 aromatic rings. The molecule has 1 unspecified atom stereocenters. The highest BCUT2D eigenvalue weighted by molar-refractivity contribution is 7.91. The summed E-state index contributed by atoms with van der Waals surface area (Å²) in [5.41, 5.74) is 1.79. The third-order valence-corrected chi connectivity index (χ3v) is 7.43. The van der Waals surface area contributed by atoms with Crippen molar-refractivity contribution in [1.82, 2.24) is 9.91 Å². The number of rotatable bonds is 5. The van der Waals surface area contributed by atoms with Crippen molar-refractivity contribution in [3.8, 4) is 0 Å². The zero-order chi connectivity index (χ0) is 19.9. The molecule has 5 nitrogen and oxygen atoms in total. The molecule has 0 radical (unpaired) electrons. The van der Waals surface area contributed by atoms with Gasteiger partial charge in [-0.25, -0.2) is 13.4 Å². The lowest BCUT2D eigenvalue weighted by atomic mass is 10.1. The smallest absolute Gasteiger partial charge is 0.201 e. The monoisotopic (exact) mass is 395 g/mol. The Morgan fingerprint density at radius 1 is 0.929 bits per heavy atom. The normalized spacial score (nSPS) is 17.4. The Balaban J connectivity index is 1.83. The summed E-state index contributed by atoms with van der Waals surface area (Å²) in [6.45, 7) is 1.56. The number of sulfone groups is 1. The number of para-hydroxylation sites is 1. The maximum absolute atomic E-state index is 13.8. The van der Waals surface area contributed by atoms with Crippen LogP contribution in [-0.4, -0.2) is 52.6 Å². The van der Waals surface area contributed by atoms with Crippen molar-refractivity contribution < 1.29 is 8.42 Å². The minimum atomic E-state index is -3.63. The maximum Gasteiger partial charge on any atom is 0.201 e. The molecule has 1 aliphatic rings. The summed E-state index contributed by atoms with van der Waals surface area (Å²) in [6, 6.07) is 20.9. The SMILES string of the molecule is CN(C)CCN1c2ccccc2C(S(=O)(=O)c2cccc3ccccc23)N1C. The third-order valence-electron chi connectivity index (χ3n) is 5.31. The van der Waals surface area contributed by atoms with Crippen LogP contribution in [0.5, 0.6) is 0 Å². The molecule has 0 bridgehead atoms. The van der Waals surface area contributed by atoms with E-state index in [1.54, 1.807) is 6.07 Å². The standard InChI is InChI=1S/C22H25N3O2S/c1-23(2)15-16-25-20-13-7-6-12-19(20)22(24(25)3)28(26,27)21-14-8-10-17-9-4-5-11-18(17)21/h4-14,22H,15-16H2,1-3H3. The summed E-state index contributed by atoms with van der Waals surface area (Å²) < 4.78 is 27.7. The summed E-state index contributed by atoms with van der Waals surface area (Å²) in [5.74, 6) is 0. The molecule has 28 heavy (non-hydrogen) atoms. The average Bonchev–Trinajstić information content (AvgIpc) is 2.97. The summed E-state index contributed by atoms with van der Waals surface area (Å²) in [6.07, 6.45) is 0. The van der Waals surface area contributed by atoms with Gasteiger partial charge in [0.1, 0.15) is 0 Å². The van der Waals surface area contributed by atoms with Crippen LogP contribution in [0.3, 0.4) is 0 Å². The first-order chi connectivity index (χ1) is 13.4. The fourth-order valence-electron chi connectivity index (χ4n) is 3.93. The molecule has 1 aliphatic heterocycles. The predicted octanol–water partition coefficient (Wildman–Crippen LogP) is 3.54. The van der Waals surface area contributed by atoms with E-state index in [1.165, 1.54) is 0 Å². The average molecular weight is 396 g/mol. The van der Waals surface area contributed by atoms with E-state index < -0.39 is 15.2 Å². The van der Waals surface area contributed by atoms with Gasteiger partial charge >= 0.3 is 0 Å². The largest absolute Gasteiger partial charge is 0.308 e. The van der Waals surface area contributed by atoms with E-state index in [4.69, 9.17) is 0 Å². The Bertz CT molecular complexity index is 1110. The van der Waals surface area contributed by atoms with E-state index in [0.29, 0.717) is 4.90 Å². The third kappa shape index (κ3) is 3.07. The van der Waals surface area contributed by atoms with E-state index in [0.717, 1.165) is 35.1 Å². The van der Waals surface area contributed by atoms with Gasteiger partial charge in [-0.2, -0.15) is 0 Å². The van der Waals surface area contributed by atoms with Crippen molar-refractivity contribution in [2.24, 2.45) is 0 Å². The molecule has 4 rings (SSSR count). The van der Waals surface area contributed by atoms with Gasteiger partial charge in [-0.1, -0.05) is 54.6 Å². The molecular formula is C22H25N3O2S. The Morgan fingerprint density at radius 2 is 1.61 bits per heavy atom. The molecule has 1 heterocycles. The zero-order valence-corrected chi connectivity index (χ0v) is 17.2. The minimum Gasteiger partial charge on any atom is -0.308 e. The van der Waals surface area contributed by atoms with Crippen LogP contribution in [0.1, 0.15) is 10.9 Å². The van der Waals surface area contributed by atoms with Gasteiger partial charge in [-0.15, -0.1) is 0 Å². The van der Waals surface area contributed by atoms with Crippen LogP contribution < -0.4 is 5.01 Å². The second-order valence-corrected chi connectivity index (χ2v) is 9.41. The second kappa shape index (κ2) is 7.20. The van der Waals surface area contributed by atoms with Crippen LogP contribution in [0.25, 0.3) is 10.8 Å². The zero-order valence-electron chi connectivity index (χ0n) is 16.4. The minimum absolute atomic E-state index is 0.381. The Kier molecular flexibility index (Phi) is 4.87. The van der Waals surface area contributed by atoms with Gasteiger partial charge in [0.15, 0.2) is 5.37 Å². The van der Waals surface area contributed by atoms with Gasteiger partial charge in [-0.05, 0) is 31.6 Å². The predicted molar refractivity (Wildman–Crippen MR) is 114 cm³/mol. The Hall–Kier alpha value is -2.41. The molecule has 0 aliphatic carbocycles. The fourth-order valence-corrected chi connectivity index (χ4v) is 5.98. The van der Waals surface area contributed by atoms with E-state index >= 15 is 0 Å². The molecule has 6 heteroatoms. The summed E-state index contributed by atoms with van der Waals surface area (Å²) >= 11 is 0. The molecule has 0 saturated heterocycles. The first-order valence-electron chi connectivity index (χ1n) is 9.37. The number of likely N-dealkylation sites (N-methyl/N-ethyl adjacent to an activating group) is 1. The van der Waals surface area contributed by atoms with Crippen molar-refractivity contribution >= 4 is 26.3 Å². The fraction of sp³-hybridized carbons (Fsp3) is 0.273. The highest BCUT2D eigenvalue weighted by Gasteiger charge is 2.43. The van der Waals surface area contributed by atoms with Gasteiger partial charge in [-0.3, -0.25) is 0 Å².